The number of rotatable bonds is 2. The van der Waals surface area contributed by atoms with Gasteiger partial charge in [-0.15, -0.1) is 0 Å². The topological polar surface area (TPSA) is 29.1 Å². The van der Waals surface area contributed by atoms with E-state index in [2.05, 4.69) is 21.2 Å². The average molecular weight is 343 g/mol. The van der Waals surface area contributed by atoms with Gasteiger partial charge in [0.1, 0.15) is 5.82 Å². The van der Waals surface area contributed by atoms with Crippen LogP contribution in [0.25, 0.3) is 0 Å². The fraction of sp³-hybridized carbons (Fsp3) is 0.0714. The fourth-order valence-electron chi connectivity index (χ4n) is 1.54. The van der Waals surface area contributed by atoms with Gasteiger partial charge in [-0.3, -0.25) is 4.79 Å². The van der Waals surface area contributed by atoms with Gasteiger partial charge in [-0.2, -0.15) is 0 Å². The van der Waals surface area contributed by atoms with E-state index in [4.69, 9.17) is 11.6 Å². The molecule has 0 atom stereocenters. The maximum Gasteiger partial charge on any atom is 0.257 e. The van der Waals surface area contributed by atoms with Crippen molar-refractivity contribution in [1.82, 2.24) is 0 Å². The van der Waals surface area contributed by atoms with E-state index >= 15 is 0 Å². The number of carbonyl (C=O) groups is 1. The molecule has 0 bridgehead atoms. The van der Waals surface area contributed by atoms with Gasteiger partial charge in [0.05, 0.1) is 10.6 Å². The van der Waals surface area contributed by atoms with Crippen LogP contribution in [0.15, 0.2) is 40.9 Å². The van der Waals surface area contributed by atoms with E-state index in [9.17, 15) is 9.18 Å². The third-order valence-corrected chi connectivity index (χ3v) is 3.77. The number of benzene rings is 2. The highest BCUT2D eigenvalue weighted by Crippen LogP contribution is 2.23. The van der Waals surface area contributed by atoms with E-state index in [1.165, 1.54) is 12.1 Å². The lowest BCUT2D eigenvalue weighted by Crippen LogP contribution is -2.12. The van der Waals surface area contributed by atoms with Crippen molar-refractivity contribution in [3.63, 3.8) is 0 Å². The number of hydrogen-bond donors (Lipinski definition) is 1. The Bertz CT molecular complexity index is 645. The van der Waals surface area contributed by atoms with E-state index in [-0.39, 0.29) is 16.5 Å². The molecule has 0 aliphatic carbocycles. The molecular weight excluding hydrogens is 333 g/mol. The minimum atomic E-state index is -0.473. The van der Waals surface area contributed by atoms with Crippen molar-refractivity contribution >= 4 is 39.1 Å². The first-order valence-corrected chi connectivity index (χ1v) is 6.67. The minimum Gasteiger partial charge on any atom is -0.322 e. The zero-order valence-electron chi connectivity index (χ0n) is 10.0. The molecule has 0 spiro atoms. The van der Waals surface area contributed by atoms with Crippen LogP contribution in [0.3, 0.4) is 0 Å². The van der Waals surface area contributed by atoms with Crippen LogP contribution in [0, 0.1) is 12.7 Å². The Hall–Kier alpha value is -1.39. The van der Waals surface area contributed by atoms with Crippen LogP contribution in [0.5, 0.6) is 0 Å². The Labute approximate surface area is 123 Å². The lowest BCUT2D eigenvalue weighted by Gasteiger charge is -2.08. The maximum atomic E-state index is 12.9. The van der Waals surface area contributed by atoms with Gasteiger partial charge < -0.3 is 5.32 Å². The predicted octanol–water partition coefficient (Wildman–Crippen LogP) is 4.80. The number of halogens is 3. The van der Waals surface area contributed by atoms with E-state index < -0.39 is 5.82 Å². The highest BCUT2D eigenvalue weighted by molar-refractivity contribution is 9.10. The van der Waals surface area contributed by atoms with Gasteiger partial charge in [0.2, 0.25) is 0 Å². The summed E-state index contributed by atoms with van der Waals surface area (Å²) in [5.41, 5.74) is 1.94. The molecule has 2 aromatic rings. The molecule has 0 aromatic heterocycles. The molecule has 1 N–H and O–H groups in total. The summed E-state index contributed by atoms with van der Waals surface area (Å²) >= 11 is 9.23. The van der Waals surface area contributed by atoms with Crippen molar-refractivity contribution in [2.75, 3.05) is 5.32 Å². The molecule has 2 rings (SSSR count). The van der Waals surface area contributed by atoms with Crippen molar-refractivity contribution < 1.29 is 9.18 Å². The monoisotopic (exact) mass is 341 g/mol. The minimum absolute atomic E-state index is 0.0867. The van der Waals surface area contributed by atoms with Crippen molar-refractivity contribution in [3.05, 3.63) is 62.8 Å². The van der Waals surface area contributed by atoms with Crippen LogP contribution < -0.4 is 5.32 Å². The largest absolute Gasteiger partial charge is 0.322 e. The van der Waals surface area contributed by atoms with Crippen LogP contribution >= 0.6 is 27.5 Å². The van der Waals surface area contributed by atoms with E-state index in [1.807, 2.05) is 13.0 Å². The van der Waals surface area contributed by atoms with Gasteiger partial charge in [-0.25, -0.2) is 4.39 Å². The van der Waals surface area contributed by atoms with Gasteiger partial charge in [-0.1, -0.05) is 33.6 Å². The lowest BCUT2D eigenvalue weighted by molar-refractivity contribution is 0.102. The Morgan fingerprint density at radius 1 is 1.26 bits per heavy atom. The Morgan fingerprint density at radius 3 is 2.63 bits per heavy atom. The molecule has 0 fully saturated rings. The quantitative estimate of drug-likeness (QED) is 0.834. The summed E-state index contributed by atoms with van der Waals surface area (Å²) in [5, 5.41) is 2.80. The normalized spacial score (nSPS) is 10.3. The molecule has 0 aliphatic heterocycles. The number of aryl methyl sites for hydroxylation is 1. The number of hydrogen-bond acceptors (Lipinski definition) is 1. The molecule has 1 amide bonds. The van der Waals surface area contributed by atoms with Crippen LogP contribution in [0.2, 0.25) is 5.02 Å². The Balaban J connectivity index is 2.23. The highest BCUT2D eigenvalue weighted by atomic mass is 79.9. The molecule has 0 saturated heterocycles. The lowest BCUT2D eigenvalue weighted by atomic mass is 10.2. The van der Waals surface area contributed by atoms with Gasteiger partial charge in [0, 0.05) is 10.2 Å². The SMILES string of the molecule is Cc1ccc(NC(=O)c2ccc(F)cc2Cl)cc1Br. The number of anilines is 1. The first-order chi connectivity index (χ1) is 8.97. The van der Waals surface area contributed by atoms with Crippen LogP contribution in [0.4, 0.5) is 10.1 Å². The molecule has 0 heterocycles. The molecule has 0 radical (unpaired) electrons. The van der Waals surface area contributed by atoms with Crippen molar-refractivity contribution in [1.29, 1.82) is 0 Å². The molecule has 0 saturated carbocycles. The third kappa shape index (κ3) is 3.33. The second kappa shape index (κ2) is 5.72. The summed E-state index contributed by atoms with van der Waals surface area (Å²) < 4.78 is 13.8. The Kier molecular flexibility index (Phi) is 4.22. The molecule has 2 nitrogen and oxygen atoms in total. The molecular formula is C14H10BrClFNO. The second-order valence-corrected chi connectivity index (χ2v) is 5.30. The first kappa shape index (κ1) is 14.0. The molecule has 2 aromatic carbocycles. The summed E-state index contributed by atoms with van der Waals surface area (Å²) in [6.45, 7) is 1.95. The Morgan fingerprint density at radius 2 is 2.00 bits per heavy atom. The number of carbonyl (C=O) groups excluding carboxylic acids is 1. The second-order valence-electron chi connectivity index (χ2n) is 4.04. The van der Waals surface area contributed by atoms with Crippen molar-refractivity contribution in [3.8, 4) is 0 Å². The fourth-order valence-corrected chi connectivity index (χ4v) is 2.17. The zero-order chi connectivity index (χ0) is 14.0. The van der Waals surface area contributed by atoms with Crippen molar-refractivity contribution in [2.45, 2.75) is 6.92 Å². The summed E-state index contributed by atoms with van der Waals surface area (Å²) in [7, 11) is 0. The summed E-state index contributed by atoms with van der Waals surface area (Å²) in [6.07, 6.45) is 0. The van der Waals surface area contributed by atoms with Crippen LogP contribution in [0.1, 0.15) is 15.9 Å². The van der Waals surface area contributed by atoms with E-state index in [1.54, 1.807) is 12.1 Å². The third-order valence-electron chi connectivity index (χ3n) is 2.61. The summed E-state index contributed by atoms with van der Waals surface area (Å²) in [6, 6.07) is 9.13. The van der Waals surface area contributed by atoms with E-state index in [0.717, 1.165) is 16.1 Å². The standard InChI is InChI=1S/C14H10BrClFNO/c1-8-2-4-10(7-12(8)15)18-14(19)11-5-3-9(17)6-13(11)16/h2-7H,1H3,(H,18,19). The van der Waals surface area contributed by atoms with Gasteiger partial charge in [0.15, 0.2) is 0 Å². The first-order valence-electron chi connectivity index (χ1n) is 5.50. The zero-order valence-corrected chi connectivity index (χ0v) is 12.3. The van der Waals surface area contributed by atoms with Crippen molar-refractivity contribution in [2.24, 2.45) is 0 Å². The summed E-state index contributed by atoms with van der Waals surface area (Å²) in [5.74, 6) is -0.847. The van der Waals surface area contributed by atoms with E-state index in [0.29, 0.717) is 5.69 Å². The molecule has 0 unspecified atom stereocenters. The maximum absolute atomic E-state index is 12.9. The van der Waals surface area contributed by atoms with Gasteiger partial charge in [-0.05, 0) is 42.8 Å². The molecule has 19 heavy (non-hydrogen) atoms. The number of amides is 1. The van der Waals surface area contributed by atoms with Crippen LogP contribution in [-0.2, 0) is 0 Å². The number of nitrogens with one attached hydrogen (secondary N) is 1. The van der Waals surface area contributed by atoms with Crippen LogP contribution in [-0.4, -0.2) is 5.91 Å². The van der Waals surface area contributed by atoms with Gasteiger partial charge >= 0.3 is 0 Å². The molecule has 0 aliphatic rings. The smallest absolute Gasteiger partial charge is 0.257 e. The highest BCUT2D eigenvalue weighted by Gasteiger charge is 2.11. The summed E-state index contributed by atoms with van der Waals surface area (Å²) in [4.78, 5) is 12.0. The molecule has 5 heteroatoms. The average Bonchev–Trinajstić information content (AvgIpc) is 2.33. The predicted molar refractivity (Wildman–Crippen MR) is 78.2 cm³/mol. The molecule has 98 valence electrons. The van der Waals surface area contributed by atoms with Gasteiger partial charge in [0.25, 0.3) is 5.91 Å².